The highest BCUT2D eigenvalue weighted by Gasteiger charge is 2.14. The zero-order valence-corrected chi connectivity index (χ0v) is 35.0. The smallest absolute Gasteiger partial charge is 0.115 e. The molecule has 0 saturated carbocycles. The molecule has 50 heavy (non-hydrogen) atoms. The van der Waals surface area contributed by atoms with Gasteiger partial charge in [-0.2, -0.15) is 23.5 Å². The minimum atomic E-state index is 0.359. The van der Waals surface area contributed by atoms with Gasteiger partial charge in [0.15, 0.2) is 0 Å². The zero-order chi connectivity index (χ0) is 35.7. The van der Waals surface area contributed by atoms with Crippen molar-refractivity contribution >= 4 is 23.5 Å². The van der Waals surface area contributed by atoms with Crippen molar-refractivity contribution in [1.82, 2.24) is 0 Å². The largest absolute Gasteiger partial charge is 0.508 e. The summed E-state index contributed by atoms with van der Waals surface area (Å²) in [5, 5.41) is 10.1. The van der Waals surface area contributed by atoms with Gasteiger partial charge in [-0.25, -0.2) is 0 Å². The first kappa shape index (κ1) is 45.1. The Balaban J connectivity index is 1.97. The number of phenols is 1. The van der Waals surface area contributed by atoms with Gasteiger partial charge in [-0.3, -0.25) is 0 Å². The summed E-state index contributed by atoms with van der Waals surface area (Å²) in [6.45, 7) is 6.92. The monoisotopic (exact) mass is 725 g/mol. The first-order valence-corrected chi connectivity index (χ1v) is 24.1. The van der Waals surface area contributed by atoms with Crippen molar-refractivity contribution in [2.75, 3.05) is 11.5 Å². The summed E-state index contributed by atoms with van der Waals surface area (Å²) < 4.78 is 0. The third-order valence-corrected chi connectivity index (χ3v) is 12.6. The van der Waals surface area contributed by atoms with E-state index in [2.05, 4.69) is 68.6 Å². The van der Waals surface area contributed by atoms with Crippen molar-refractivity contribution < 1.29 is 5.11 Å². The van der Waals surface area contributed by atoms with Crippen LogP contribution in [0.2, 0.25) is 0 Å². The van der Waals surface area contributed by atoms with E-state index in [1.165, 1.54) is 214 Å². The van der Waals surface area contributed by atoms with Crippen molar-refractivity contribution in [1.29, 1.82) is 0 Å². The Kier molecular flexibility index (Phi) is 29.4. The van der Waals surface area contributed by atoms with Crippen molar-refractivity contribution in [3.8, 4) is 16.9 Å². The number of aryl methyl sites for hydroxylation is 1. The maximum absolute atomic E-state index is 10.1. The molecule has 1 N–H and O–H groups in total. The summed E-state index contributed by atoms with van der Waals surface area (Å²) in [6.07, 6.45) is 38.8. The quantitative estimate of drug-likeness (QED) is 0.0715. The molecule has 0 atom stereocenters. The van der Waals surface area contributed by atoms with Gasteiger partial charge in [0.05, 0.1) is 0 Å². The van der Waals surface area contributed by atoms with Gasteiger partial charge in [0, 0.05) is 11.5 Å². The number of aromatic hydroxyl groups is 1. The van der Waals surface area contributed by atoms with Gasteiger partial charge in [-0.1, -0.05) is 199 Å². The van der Waals surface area contributed by atoms with Crippen LogP contribution in [-0.2, 0) is 17.9 Å². The second-order valence-electron chi connectivity index (χ2n) is 15.2. The molecule has 0 radical (unpaired) electrons. The fourth-order valence-electron chi connectivity index (χ4n) is 7.24. The van der Waals surface area contributed by atoms with Crippen LogP contribution in [0.4, 0.5) is 0 Å². The van der Waals surface area contributed by atoms with Crippen LogP contribution in [-0.4, -0.2) is 16.6 Å². The Bertz CT molecular complexity index is 983. The lowest BCUT2D eigenvalue weighted by molar-refractivity contribution is 0.475. The molecule has 0 aliphatic rings. The molecule has 0 amide bonds. The molecule has 0 saturated heterocycles. The van der Waals surface area contributed by atoms with E-state index in [1.54, 1.807) is 5.56 Å². The van der Waals surface area contributed by atoms with Crippen LogP contribution in [0, 0.1) is 0 Å². The number of phenolic OH excluding ortho intramolecular Hbond substituents is 1. The Morgan fingerprint density at radius 3 is 1.14 bits per heavy atom. The molecule has 286 valence electrons. The van der Waals surface area contributed by atoms with Gasteiger partial charge in [0.1, 0.15) is 5.75 Å². The van der Waals surface area contributed by atoms with Crippen LogP contribution in [0.15, 0.2) is 36.4 Å². The molecular formula is C47H80OS2. The van der Waals surface area contributed by atoms with E-state index in [1.807, 2.05) is 12.1 Å². The van der Waals surface area contributed by atoms with E-state index in [0.717, 1.165) is 11.5 Å². The Morgan fingerprint density at radius 2 is 0.760 bits per heavy atom. The number of benzene rings is 2. The number of thioether (sulfide) groups is 2. The number of hydrogen-bond donors (Lipinski definition) is 1. The molecule has 0 aromatic heterocycles. The fourth-order valence-corrected chi connectivity index (χ4v) is 9.24. The second kappa shape index (κ2) is 32.6. The molecule has 0 aliphatic carbocycles. The molecule has 0 fully saturated rings. The Hall–Kier alpha value is -1.06. The van der Waals surface area contributed by atoms with Crippen LogP contribution in [0.25, 0.3) is 11.1 Å². The molecule has 0 heterocycles. The molecule has 0 unspecified atom stereocenters. The summed E-state index contributed by atoms with van der Waals surface area (Å²) in [6, 6.07) is 13.2. The lowest BCUT2D eigenvalue weighted by atomic mass is 9.92. The minimum absolute atomic E-state index is 0.359. The zero-order valence-electron chi connectivity index (χ0n) is 33.4. The van der Waals surface area contributed by atoms with Crippen LogP contribution in [0.1, 0.15) is 211 Å². The van der Waals surface area contributed by atoms with E-state index in [-0.39, 0.29) is 0 Å². The lowest BCUT2D eigenvalue weighted by Gasteiger charge is -2.18. The highest BCUT2D eigenvalue weighted by atomic mass is 32.2. The van der Waals surface area contributed by atoms with E-state index < -0.39 is 0 Å². The van der Waals surface area contributed by atoms with Crippen LogP contribution in [0.3, 0.4) is 0 Å². The lowest BCUT2D eigenvalue weighted by Crippen LogP contribution is -2.00. The molecule has 0 aliphatic heterocycles. The Labute approximate surface area is 320 Å². The molecule has 2 aromatic carbocycles. The molecule has 2 rings (SSSR count). The van der Waals surface area contributed by atoms with E-state index >= 15 is 0 Å². The van der Waals surface area contributed by atoms with Gasteiger partial charge in [0.2, 0.25) is 0 Å². The summed E-state index contributed by atoms with van der Waals surface area (Å²) >= 11 is 4.29. The normalized spacial score (nSPS) is 11.5. The first-order chi connectivity index (χ1) is 24.7. The summed E-state index contributed by atoms with van der Waals surface area (Å²) in [7, 11) is 0. The standard InChI is InChI=1S/C47H80OS2/c1-4-7-10-13-16-18-20-23-26-29-36-49-40-44-38-42(31-28-25-22-15-12-9-6-3)39-45(47(44)43-32-34-46(48)35-33-43)41-50-37-30-27-24-21-19-17-14-11-8-5-2/h32-35,38-39,48H,4-31,36-37,40-41H2,1-3H3. The number of rotatable bonds is 35. The SMILES string of the molecule is CCCCCCCCCCCCSCc1cc(CCCCCCCCC)cc(CSCCCCCCCCCCCC)c1-c1ccc(O)cc1. The summed E-state index contributed by atoms with van der Waals surface area (Å²) in [4.78, 5) is 0. The van der Waals surface area contributed by atoms with Crippen molar-refractivity contribution in [2.24, 2.45) is 0 Å². The third kappa shape index (κ3) is 22.8. The highest BCUT2D eigenvalue weighted by Crippen LogP contribution is 2.36. The number of hydrogen-bond acceptors (Lipinski definition) is 3. The van der Waals surface area contributed by atoms with E-state index in [9.17, 15) is 5.11 Å². The fraction of sp³-hybridized carbons (Fsp3) is 0.745. The summed E-state index contributed by atoms with van der Waals surface area (Å²) in [5.41, 5.74) is 7.30. The predicted octanol–water partition coefficient (Wildman–Crippen LogP) is 16.7. The molecular weight excluding hydrogens is 645 g/mol. The highest BCUT2D eigenvalue weighted by molar-refractivity contribution is 7.98. The van der Waals surface area contributed by atoms with E-state index in [0.29, 0.717) is 5.75 Å². The predicted molar refractivity (Wildman–Crippen MR) is 231 cm³/mol. The topological polar surface area (TPSA) is 20.2 Å². The van der Waals surface area contributed by atoms with Crippen LogP contribution < -0.4 is 0 Å². The average molecular weight is 725 g/mol. The van der Waals surface area contributed by atoms with Crippen molar-refractivity contribution in [3.63, 3.8) is 0 Å². The van der Waals surface area contributed by atoms with E-state index in [4.69, 9.17) is 0 Å². The van der Waals surface area contributed by atoms with Gasteiger partial charge >= 0.3 is 0 Å². The van der Waals surface area contributed by atoms with Crippen molar-refractivity contribution in [2.45, 2.75) is 212 Å². The molecule has 0 spiro atoms. The third-order valence-electron chi connectivity index (χ3n) is 10.4. The van der Waals surface area contributed by atoms with Gasteiger partial charge in [-0.05, 0) is 77.1 Å². The average Bonchev–Trinajstić information content (AvgIpc) is 3.12. The van der Waals surface area contributed by atoms with Crippen LogP contribution >= 0.6 is 23.5 Å². The molecule has 1 nitrogen and oxygen atoms in total. The Morgan fingerprint density at radius 1 is 0.420 bits per heavy atom. The minimum Gasteiger partial charge on any atom is -0.508 e. The molecule has 3 heteroatoms. The molecule has 2 aromatic rings. The van der Waals surface area contributed by atoms with Gasteiger partial charge < -0.3 is 5.11 Å². The number of unbranched alkanes of at least 4 members (excludes halogenated alkanes) is 24. The first-order valence-electron chi connectivity index (χ1n) is 21.8. The maximum Gasteiger partial charge on any atom is 0.115 e. The van der Waals surface area contributed by atoms with Crippen LogP contribution in [0.5, 0.6) is 5.75 Å². The maximum atomic E-state index is 10.1. The second-order valence-corrected chi connectivity index (χ2v) is 17.4. The van der Waals surface area contributed by atoms with Crippen molar-refractivity contribution in [3.05, 3.63) is 53.1 Å². The van der Waals surface area contributed by atoms with Gasteiger partial charge in [-0.15, -0.1) is 0 Å². The van der Waals surface area contributed by atoms with Gasteiger partial charge in [0.25, 0.3) is 0 Å². The summed E-state index contributed by atoms with van der Waals surface area (Å²) in [5.74, 6) is 5.06. The molecule has 0 bridgehead atoms.